The maximum Gasteiger partial charge on any atom is 0.307 e. The van der Waals surface area contributed by atoms with E-state index in [1.165, 1.54) is 18.3 Å². The van der Waals surface area contributed by atoms with Crippen LogP contribution in [0.15, 0.2) is 79.1 Å². The lowest BCUT2D eigenvalue weighted by molar-refractivity contribution is 0.0929. The molecule has 0 saturated carbocycles. The van der Waals surface area contributed by atoms with Crippen molar-refractivity contribution >= 4 is 55.0 Å². The van der Waals surface area contributed by atoms with Gasteiger partial charge in [-0.05, 0) is 82.5 Å². The average molecular weight is 590 g/mol. The second-order valence-corrected chi connectivity index (χ2v) is 8.94. The van der Waals surface area contributed by atoms with Crippen molar-refractivity contribution < 1.29 is 23.1 Å². The van der Waals surface area contributed by atoms with Crippen molar-refractivity contribution in [1.29, 1.82) is 0 Å². The first-order chi connectivity index (χ1) is 16.4. The highest BCUT2D eigenvalue weighted by Crippen LogP contribution is 2.37. The molecule has 0 fully saturated rings. The maximum atomic E-state index is 13.4. The summed E-state index contributed by atoms with van der Waals surface area (Å²) in [6, 6.07) is 16.9. The number of rotatable bonds is 8. The van der Waals surface area contributed by atoms with Crippen LogP contribution in [0, 0.1) is 5.82 Å². The van der Waals surface area contributed by atoms with Gasteiger partial charge in [0.2, 0.25) is 0 Å². The van der Waals surface area contributed by atoms with Gasteiger partial charge in [0.25, 0.3) is 0 Å². The van der Waals surface area contributed by atoms with Gasteiger partial charge >= 0.3 is 5.91 Å². The van der Waals surface area contributed by atoms with Crippen LogP contribution in [0.4, 0.5) is 4.39 Å². The SMILES string of the molecule is CCOc1cc(/C=N/NC(=O)c2cc3cc(Br)ccc3o2)cc(Br)c1OCc1cccc(F)c1. The van der Waals surface area contributed by atoms with Crippen LogP contribution >= 0.6 is 31.9 Å². The number of fused-ring (bicyclic) bond motifs is 1. The van der Waals surface area contributed by atoms with Crippen LogP contribution in [0.5, 0.6) is 11.5 Å². The van der Waals surface area contributed by atoms with Gasteiger partial charge in [-0.2, -0.15) is 5.10 Å². The summed E-state index contributed by atoms with van der Waals surface area (Å²) < 4.78 is 32.1. The zero-order valence-corrected chi connectivity index (χ0v) is 21.2. The minimum absolute atomic E-state index is 0.155. The van der Waals surface area contributed by atoms with Crippen molar-refractivity contribution in [2.75, 3.05) is 6.61 Å². The molecule has 34 heavy (non-hydrogen) atoms. The third kappa shape index (κ3) is 5.84. The van der Waals surface area contributed by atoms with E-state index in [1.807, 2.05) is 19.1 Å². The fourth-order valence-electron chi connectivity index (χ4n) is 3.19. The van der Waals surface area contributed by atoms with E-state index in [-0.39, 0.29) is 18.2 Å². The van der Waals surface area contributed by atoms with Gasteiger partial charge < -0.3 is 13.9 Å². The summed E-state index contributed by atoms with van der Waals surface area (Å²) in [5, 5.41) is 4.84. The van der Waals surface area contributed by atoms with Gasteiger partial charge in [-0.25, -0.2) is 9.82 Å². The first kappa shape index (κ1) is 24.0. The van der Waals surface area contributed by atoms with E-state index in [0.29, 0.717) is 39.3 Å². The Morgan fingerprint density at radius 2 is 1.97 bits per heavy atom. The Labute approximate surface area is 212 Å². The molecule has 1 amide bonds. The van der Waals surface area contributed by atoms with Gasteiger partial charge in [0.1, 0.15) is 18.0 Å². The number of hydrogen-bond donors (Lipinski definition) is 1. The van der Waals surface area contributed by atoms with E-state index < -0.39 is 5.91 Å². The molecule has 3 aromatic carbocycles. The quantitative estimate of drug-likeness (QED) is 0.180. The highest BCUT2D eigenvalue weighted by Gasteiger charge is 2.14. The Balaban J connectivity index is 1.46. The maximum absolute atomic E-state index is 13.4. The molecule has 1 N–H and O–H groups in total. The number of furan rings is 1. The minimum Gasteiger partial charge on any atom is -0.490 e. The Hall–Kier alpha value is -3.17. The van der Waals surface area contributed by atoms with E-state index in [9.17, 15) is 9.18 Å². The molecule has 0 bridgehead atoms. The number of nitrogens with zero attached hydrogens (tertiary/aromatic N) is 1. The molecule has 0 aliphatic carbocycles. The number of benzene rings is 3. The summed E-state index contributed by atoms with van der Waals surface area (Å²) in [4.78, 5) is 12.4. The van der Waals surface area contributed by atoms with Crippen LogP contribution in [0.2, 0.25) is 0 Å². The van der Waals surface area contributed by atoms with Crippen molar-refractivity contribution in [3.8, 4) is 11.5 Å². The molecule has 6 nitrogen and oxygen atoms in total. The van der Waals surface area contributed by atoms with Gasteiger partial charge in [-0.3, -0.25) is 4.79 Å². The zero-order chi connectivity index (χ0) is 24.1. The fraction of sp³-hybridized carbons (Fsp3) is 0.120. The van der Waals surface area contributed by atoms with E-state index in [4.69, 9.17) is 13.9 Å². The van der Waals surface area contributed by atoms with E-state index in [1.54, 1.807) is 36.4 Å². The van der Waals surface area contributed by atoms with Crippen molar-refractivity contribution in [1.82, 2.24) is 5.43 Å². The van der Waals surface area contributed by atoms with Crippen molar-refractivity contribution in [2.45, 2.75) is 13.5 Å². The number of hydrazone groups is 1. The molecule has 1 aromatic heterocycles. The van der Waals surface area contributed by atoms with Gasteiger partial charge in [-0.15, -0.1) is 0 Å². The third-order valence-electron chi connectivity index (χ3n) is 4.69. The first-order valence-electron chi connectivity index (χ1n) is 10.3. The van der Waals surface area contributed by atoms with Crippen molar-refractivity contribution in [3.05, 3.63) is 92.3 Å². The first-order valence-corrected chi connectivity index (χ1v) is 11.9. The minimum atomic E-state index is -0.470. The van der Waals surface area contributed by atoms with Gasteiger partial charge in [0.05, 0.1) is 17.3 Å². The lowest BCUT2D eigenvalue weighted by Gasteiger charge is -2.14. The molecule has 0 aliphatic heterocycles. The Kier molecular flexibility index (Phi) is 7.64. The van der Waals surface area contributed by atoms with Crippen LogP contribution < -0.4 is 14.9 Å². The number of nitrogens with one attached hydrogen (secondary N) is 1. The summed E-state index contributed by atoms with van der Waals surface area (Å²) in [5.41, 5.74) is 4.43. The molecule has 0 saturated heterocycles. The summed E-state index contributed by atoms with van der Waals surface area (Å²) in [6.07, 6.45) is 1.49. The number of ether oxygens (including phenoxy) is 2. The van der Waals surface area contributed by atoms with Crippen LogP contribution in [-0.4, -0.2) is 18.7 Å². The van der Waals surface area contributed by atoms with Crippen molar-refractivity contribution in [3.63, 3.8) is 0 Å². The normalized spacial score (nSPS) is 11.2. The molecular weight excluding hydrogens is 571 g/mol. The molecule has 4 aromatic rings. The predicted octanol–water partition coefficient (Wildman–Crippen LogP) is 6.84. The number of carbonyl (C=O) groups excluding carboxylic acids is 1. The van der Waals surface area contributed by atoms with E-state index in [2.05, 4.69) is 42.4 Å². The Morgan fingerprint density at radius 3 is 2.76 bits per heavy atom. The molecule has 0 radical (unpaired) electrons. The molecule has 4 rings (SSSR count). The van der Waals surface area contributed by atoms with E-state index >= 15 is 0 Å². The molecule has 0 atom stereocenters. The molecule has 1 heterocycles. The van der Waals surface area contributed by atoms with Crippen LogP contribution in [0.25, 0.3) is 11.0 Å². The van der Waals surface area contributed by atoms with Crippen LogP contribution in [0.3, 0.4) is 0 Å². The summed E-state index contributed by atoms with van der Waals surface area (Å²) >= 11 is 6.89. The van der Waals surface area contributed by atoms with Gasteiger partial charge in [0.15, 0.2) is 17.3 Å². The topological polar surface area (TPSA) is 73.1 Å². The predicted molar refractivity (Wildman–Crippen MR) is 135 cm³/mol. The molecule has 174 valence electrons. The van der Waals surface area contributed by atoms with E-state index in [0.717, 1.165) is 9.86 Å². The Morgan fingerprint density at radius 1 is 1.12 bits per heavy atom. The number of halogens is 3. The van der Waals surface area contributed by atoms with Gasteiger partial charge in [0, 0.05) is 9.86 Å². The molecule has 0 unspecified atom stereocenters. The third-order valence-corrected chi connectivity index (χ3v) is 5.77. The molecular formula is C25H19Br2FN2O4. The second kappa shape index (κ2) is 10.8. The van der Waals surface area contributed by atoms with Crippen LogP contribution in [-0.2, 0) is 6.61 Å². The average Bonchev–Trinajstić information content (AvgIpc) is 3.22. The second-order valence-electron chi connectivity index (χ2n) is 7.17. The number of carbonyl (C=O) groups is 1. The lowest BCUT2D eigenvalue weighted by atomic mass is 10.2. The Bertz CT molecular complexity index is 1370. The summed E-state index contributed by atoms with van der Waals surface area (Å²) in [5.74, 6) is 0.337. The zero-order valence-electron chi connectivity index (χ0n) is 18.0. The van der Waals surface area contributed by atoms with Crippen molar-refractivity contribution in [2.24, 2.45) is 5.10 Å². The highest BCUT2D eigenvalue weighted by atomic mass is 79.9. The molecule has 9 heteroatoms. The molecule has 0 aliphatic rings. The summed E-state index contributed by atoms with van der Waals surface area (Å²) in [6.45, 7) is 2.45. The lowest BCUT2D eigenvalue weighted by Crippen LogP contribution is -2.16. The molecule has 0 spiro atoms. The fourth-order valence-corrected chi connectivity index (χ4v) is 4.15. The number of amides is 1. The summed E-state index contributed by atoms with van der Waals surface area (Å²) in [7, 11) is 0. The van der Waals surface area contributed by atoms with Crippen LogP contribution in [0.1, 0.15) is 28.6 Å². The largest absolute Gasteiger partial charge is 0.490 e. The number of hydrogen-bond acceptors (Lipinski definition) is 5. The smallest absolute Gasteiger partial charge is 0.307 e. The van der Waals surface area contributed by atoms with Gasteiger partial charge in [-0.1, -0.05) is 28.1 Å². The highest BCUT2D eigenvalue weighted by molar-refractivity contribution is 9.10. The monoisotopic (exact) mass is 588 g/mol. The standard InChI is InChI=1S/C25H19Br2FN2O4/c1-2-32-22-10-16(9-20(27)24(22)33-14-15-4-3-5-19(28)8-15)13-29-30-25(31)23-12-17-11-18(26)6-7-21(17)34-23/h3-13H,2,14H2,1H3,(H,30,31)/b29-13+.